The summed E-state index contributed by atoms with van der Waals surface area (Å²) in [7, 11) is 0. The number of carbonyl (C=O) groups is 1. The first kappa shape index (κ1) is 12.6. The van der Waals surface area contributed by atoms with Gasteiger partial charge in [0, 0.05) is 18.9 Å². The van der Waals surface area contributed by atoms with E-state index in [9.17, 15) is 4.79 Å². The SMILES string of the molecule is CCCC(NCc1cnccc1C)C(=O)O. The first-order chi connectivity index (χ1) is 7.65. The van der Waals surface area contributed by atoms with Gasteiger partial charge < -0.3 is 10.4 Å². The van der Waals surface area contributed by atoms with Crippen LogP contribution >= 0.6 is 0 Å². The van der Waals surface area contributed by atoms with Crippen molar-refractivity contribution in [2.24, 2.45) is 0 Å². The number of nitrogens with one attached hydrogen (secondary N) is 1. The molecule has 0 fully saturated rings. The topological polar surface area (TPSA) is 62.2 Å². The van der Waals surface area contributed by atoms with Crippen LogP contribution in [0.25, 0.3) is 0 Å². The number of carboxylic acid groups (broad SMARTS) is 1. The number of hydrogen-bond donors (Lipinski definition) is 2. The van der Waals surface area contributed by atoms with Crippen LogP contribution in [0.4, 0.5) is 0 Å². The molecular formula is C12H18N2O2. The molecular weight excluding hydrogens is 204 g/mol. The number of aryl methyl sites for hydroxylation is 1. The third-order valence-corrected chi connectivity index (χ3v) is 2.56. The molecule has 88 valence electrons. The van der Waals surface area contributed by atoms with E-state index >= 15 is 0 Å². The Kier molecular flexibility index (Phi) is 4.92. The average molecular weight is 222 g/mol. The molecule has 0 radical (unpaired) electrons. The van der Waals surface area contributed by atoms with Crippen LogP contribution in [0.15, 0.2) is 18.5 Å². The van der Waals surface area contributed by atoms with Crippen LogP contribution in [0.5, 0.6) is 0 Å². The van der Waals surface area contributed by atoms with Gasteiger partial charge in [0.05, 0.1) is 0 Å². The first-order valence-electron chi connectivity index (χ1n) is 5.50. The summed E-state index contributed by atoms with van der Waals surface area (Å²) in [6.45, 7) is 4.53. The molecule has 1 atom stereocenters. The van der Waals surface area contributed by atoms with Crippen molar-refractivity contribution in [3.63, 3.8) is 0 Å². The van der Waals surface area contributed by atoms with E-state index in [1.165, 1.54) is 0 Å². The van der Waals surface area contributed by atoms with Crippen molar-refractivity contribution in [3.05, 3.63) is 29.6 Å². The Balaban J connectivity index is 2.55. The molecule has 0 aliphatic carbocycles. The predicted molar refractivity (Wildman–Crippen MR) is 62.1 cm³/mol. The lowest BCUT2D eigenvalue weighted by molar-refractivity contribution is -0.139. The molecule has 0 saturated carbocycles. The Bertz CT molecular complexity index is 353. The Morgan fingerprint density at radius 1 is 1.62 bits per heavy atom. The van der Waals surface area contributed by atoms with Crippen LogP contribution in [-0.4, -0.2) is 22.1 Å². The van der Waals surface area contributed by atoms with E-state index < -0.39 is 12.0 Å². The van der Waals surface area contributed by atoms with Gasteiger partial charge in [-0.25, -0.2) is 0 Å². The van der Waals surface area contributed by atoms with Gasteiger partial charge in [-0.2, -0.15) is 0 Å². The average Bonchev–Trinajstić information content (AvgIpc) is 2.26. The number of hydrogen-bond acceptors (Lipinski definition) is 3. The number of carboxylic acids is 1. The third kappa shape index (κ3) is 3.62. The molecule has 0 aromatic carbocycles. The highest BCUT2D eigenvalue weighted by atomic mass is 16.4. The molecule has 0 saturated heterocycles. The third-order valence-electron chi connectivity index (χ3n) is 2.56. The first-order valence-corrected chi connectivity index (χ1v) is 5.50. The standard InChI is InChI=1S/C12H18N2O2/c1-3-4-11(12(15)16)14-8-10-7-13-6-5-9(10)2/h5-7,11,14H,3-4,8H2,1-2H3,(H,15,16). The van der Waals surface area contributed by atoms with E-state index in [1.54, 1.807) is 12.4 Å². The quantitative estimate of drug-likeness (QED) is 0.769. The molecule has 16 heavy (non-hydrogen) atoms. The monoisotopic (exact) mass is 222 g/mol. The zero-order valence-electron chi connectivity index (χ0n) is 9.73. The van der Waals surface area contributed by atoms with Crippen LogP contribution in [0.3, 0.4) is 0 Å². The summed E-state index contributed by atoms with van der Waals surface area (Å²) in [6.07, 6.45) is 5.01. The molecule has 1 unspecified atom stereocenters. The van der Waals surface area contributed by atoms with Crippen LogP contribution in [0, 0.1) is 6.92 Å². The minimum Gasteiger partial charge on any atom is -0.480 e. The van der Waals surface area contributed by atoms with E-state index in [-0.39, 0.29) is 0 Å². The maximum atomic E-state index is 10.9. The zero-order valence-corrected chi connectivity index (χ0v) is 9.73. The van der Waals surface area contributed by atoms with Crippen LogP contribution in [0.2, 0.25) is 0 Å². The Labute approximate surface area is 95.7 Å². The molecule has 0 amide bonds. The van der Waals surface area contributed by atoms with Crippen molar-refractivity contribution in [3.8, 4) is 0 Å². The van der Waals surface area contributed by atoms with Gasteiger partial charge in [-0.15, -0.1) is 0 Å². The van der Waals surface area contributed by atoms with Crippen molar-refractivity contribution in [2.75, 3.05) is 0 Å². The molecule has 4 heteroatoms. The van der Waals surface area contributed by atoms with Gasteiger partial charge in [0.25, 0.3) is 0 Å². The molecule has 1 aromatic rings. The van der Waals surface area contributed by atoms with E-state index in [0.29, 0.717) is 13.0 Å². The lowest BCUT2D eigenvalue weighted by Crippen LogP contribution is -2.36. The van der Waals surface area contributed by atoms with Gasteiger partial charge in [0.2, 0.25) is 0 Å². The van der Waals surface area contributed by atoms with Crippen LogP contribution < -0.4 is 5.32 Å². The predicted octanol–water partition coefficient (Wildman–Crippen LogP) is 1.73. The zero-order chi connectivity index (χ0) is 12.0. The largest absolute Gasteiger partial charge is 0.480 e. The molecule has 0 spiro atoms. The summed E-state index contributed by atoms with van der Waals surface area (Å²) in [5.41, 5.74) is 2.17. The van der Waals surface area contributed by atoms with Crippen molar-refractivity contribution in [2.45, 2.75) is 39.3 Å². The number of aromatic nitrogens is 1. The molecule has 4 nitrogen and oxygen atoms in total. The second-order valence-corrected chi connectivity index (χ2v) is 3.86. The van der Waals surface area contributed by atoms with Crippen molar-refractivity contribution >= 4 is 5.97 Å². The van der Waals surface area contributed by atoms with Crippen molar-refractivity contribution in [1.82, 2.24) is 10.3 Å². The number of nitrogens with zero attached hydrogens (tertiary/aromatic N) is 1. The van der Waals surface area contributed by atoms with Crippen LogP contribution in [-0.2, 0) is 11.3 Å². The Morgan fingerprint density at radius 3 is 2.94 bits per heavy atom. The molecule has 0 aliphatic rings. The number of aliphatic carboxylic acids is 1. The second kappa shape index (κ2) is 6.23. The molecule has 2 N–H and O–H groups in total. The highest BCUT2D eigenvalue weighted by molar-refractivity contribution is 5.73. The fourth-order valence-corrected chi connectivity index (χ4v) is 1.52. The smallest absolute Gasteiger partial charge is 0.320 e. The van der Waals surface area contributed by atoms with Gasteiger partial charge in [-0.1, -0.05) is 13.3 Å². The fourth-order valence-electron chi connectivity index (χ4n) is 1.52. The second-order valence-electron chi connectivity index (χ2n) is 3.86. The summed E-state index contributed by atoms with van der Waals surface area (Å²) >= 11 is 0. The highest BCUT2D eigenvalue weighted by Gasteiger charge is 2.15. The number of pyridine rings is 1. The Morgan fingerprint density at radius 2 is 2.38 bits per heavy atom. The summed E-state index contributed by atoms with van der Waals surface area (Å²) < 4.78 is 0. The minimum absolute atomic E-state index is 0.468. The lowest BCUT2D eigenvalue weighted by atomic mass is 10.1. The normalized spacial score (nSPS) is 12.4. The van der Waals surface area contributed by atoms with Crippen molar-refractivity contribution in [1.29, 1.82) is 0 Å². The van der Waals surface area contributed by atoms with E-state index in [4.69, 9.17) is 5.11 Å². The summed E-state index contributed by atoms with van der Waals surface area (Å²) in [4.78, 5) is 14.9. The minimum atomic E-state index is -0.789. The summed E-state index contributed by atoms with van der Waals surface area (Å²) in [6, 6.07) is 1.46. The van der Waals surface area contributed by atoms with Gasteiger partial charge in [-0.3, -0.25) is 9.78 Å². The maximum absolute atomic E-state index is 10.9. The van der Waals surface area contributed by atoms with Gasteiger partial charge in [-0.05, 0) is 30.5 Å². The molecule has 0 bridgehead atoms. The highest BCUT2D eigenvalue weighted by Crippen LogP contribution is 2.06. The lowest BCUT2D eigenvalue weighted by Gasteiger charge is -2.14. The molecule has 1 rings (SSSR count). The van der Waals surface area contributed by atoms with Gasteiger partial charge >= 0.3 is 5.97 Å². The Hall–Kier alpha value is -1.42. The van der Waals surface area contributed by atoms with Gasteiger partial charge in [0.1, 0.15) is 6.04 Å². The van der Waals surface area contributed by atoms with Crippen LogP contribution in [0.1, 0.15) is 30.9 Å². The fraction of sp³-hybridized carbons (Fsp3) is 0.500. The molecule has 1 heterocycles. The number of rotatable bonds is 6. The van der Waals surface area contributed by atoms with E-state index in [2.05, 4.69) is 10.3 Å². The summed E-state index contributed by atoms with van der Waals surface area (Å²) in [5.74, 6) is -0.789. The van der Waals surface area contributed by atoms with E-state index in [1.807, 2.05) is 19.9 Å². The van der Waals surface area contributed by atoms with E-state index in [0.717, 1.165) is 17.5 Å². The summed E-state index contributed by atoms with van der Waals surface area (Å²) in [5, 5.41) is 12.0. The van der Waals surface area contributed by atoms with Crippen molar-refractivity contribution < 1.29 is 9.90 Å². The molecule has 0 aliphatic heterocycles. The maximum Gasteiger partial charge on any atom is 0.320 e. The molecule has 1 aromatic heterocycles. The van der Waals surface area contributed by atoms with Gasteiger partial charge in [0.15, 0.2) is 0 Å².